The van der Waals surface area contributed by atoms with Crippen LogP contribution in [-0.4, -0.2) is 23.5 Å². The third-order valence-electron chi connectivity index (χ3n) is 4.37. The molecule has 0 saturated carbocycles. The van der Waals surface area contributed by atoms with E-state index in [2.05, 4.69) is 18.7 Å². The van der Waals surface area contributed by atoms with Crippen molar-refractivity contribution in [2.75, 3.05) is 6.54 Å². The first kappa shape index (κ1) is 10.5. The van der Waals surface area contributed by atoms with E-state index in [0.29, 0.717) is 0 Å². The number of rotatable bonds is 3. The maximum absolute atomic E-state index is 2.85. The van der Waals surface area contributed by atoms with E-state index < -0.39 is 0 Å². The van der Waals surface area contributed by atoms with E-state index >= 15 is 0 Å². The molecule has 3 unspecified atom stereocenters. The fourth-order valence-corrected chi connectivity index (χ4v) is 3.66. The molecule has 2 aliphatic heterocycles. The van der Waals surface area contributed by atoms with E-state index in [1.165, 1.54) is 51.5 Å². The zero-order chi connectivity index (χ0) is 9.97. The van der Waals surface area contributed by atoms with Crippen molar-refractivity contribution < 1.29 is 0 Å². The summed E-state index contributed by atoms with van der Waals surface area (Å²) in [5.41, 5.74) is 0. The van der Waals surface area contributed by atoms with Gasteiger partial charge in [-0.3, -0.25) is 4.90 Å². The molecule has 0 spiro atoms. The topological polar surface area (TPSA) is 3.24 Å². The van der Waals surface area contributed by atoms with Gasteiger partial charge in [0.2, 0.25) is 0 Å². The first-order valence-electron chi connectivity index (χ1n) is 6.62. The quantitative estimate of drug-likeness (QED) is 0.667. The molecule has 0 aromatic rings. The van der Waals surface area contributed by atoms with E-state index in [4.69, 9.17) is 0 Å². The first-order valence-corrected chi connectivity index (χ1v) is 6.62. The molecule has 2 saturated heterocycles. The minimum Gasteiger partial charge on any atom is -0.297 e. The summed E-state index contributed by atoms with van der Waals surface area (Å²) in [4.78, 5) is 2.85. The molecule has 2 heterocycles. The highest BCUT2D eigenvalue weighted by atomic mass is 15.2. The average Bonchev–Trinajstić information content (AvgIpc) is 2.67. The number of fused-ring (bicyclic) bond motifs is 1. The van der Waals surface area contributed by atoms with Gasteiger partial charge in [-0.2, -0.15) is 0 Å². The second-order valence-corrected chi connectivity index (χ2v) is 5.14. The second-order valence-electron chi connectivity index (χ2n) is 5.14. The number of hydrogen-bond donors (Lipinski definition) is 0. The van der Waals surface area contributed by atoms with Crippen LogP contribution in [0.3, 0.4) is 0 Å². The molecule has 2 aliphatic rings. The number of piperidine rings is 1. The largest absolute Gasteiger partial charge is 0.297 e. The monoisotopic (exact) mass is 195 g/mol. The minimum absolute atomic E-state index is 0.940. The molecule has 0 N–H and O–H groups in total. The van der Waals surface area contributed by atoms with Crippen LogP contribution in [0, 0.1) is 5.92 Å². The Balaban J connectivity index is 1.99. The Labute approximate surface area is 88.9 Å². The van der Waals surface area contributed by atoms with Gasteiger partial charge in [0.25, 0.3) is 0 Å². The van der Waals surface area contributed by atoms with Crippen molar-refractivity contribution in [3.05, 3.63) is 0 Å². The zero-order valence-corrected chi connectivity index (χ0v) is 9.84. The number of hydrogen-bond acceptors (Lipinski definition) is 1. The van der Waals surface area contributed by atoms with Crippen molar-refractivity contribution in [2.45, 2.75) is 70.9 Å². The zero-order valence-electron chi connectivity index (χ0n) is 9.84. The Kier molecular flexibility index (Phi) is 3.48. The van der Waals surface area contributed by atoms with Crippen LogP contribution < -0.4 is 0 Å². The van der Waals surface area contributed by atoms with Gasteiger partial charge in [0.05, 0.1) is 0 Å². The van der Waals surface area contributed by atoms with Gasteiger partial charge in [0.1, 0.15) is 0 Å². The maximum Gasteiger partial charge on any atom is 0.0127 e. The van der Waals surface area contributed by atoms with Gasteiger partial charge in [0.15, 0.2) is 0 Å². The van der Waals surface area contributed by atoms with Gasteiger partial charge in [-0.15, -0.1) is 0 Å². The third-order valence-corrected chi connectivity index (χ3v) is 4.37. The molecular weight excluding hydrogens is 170 g/mol. The van der Waals surface area contributed by atoms with Crippen LogP contribution in [0.25, 0.3) is 0 Å². The average molecular weight is 195 g/mol. The van der Waals surface area contributed by atoms with Crippen LogP contribution in [-0.2, 0) is 0 Å². The first-order chi connectivity index (χ1) is 6.86. The Morgan fingerprint density at radius 2 is 2.00 bits per heavy atom. The summed E-state index contributed by atoms with van der Waals surface area (Å²) in [6.07, 6.45) is 10.1. The predicted molar refractivity (Wildman–Crippen MR) is 61.4 cm³/mol. The van der Waals surface area contributed by atoms with Crippen molar-refractivity contribution in [1.29, 1.82) is 0 Å². The SMILES string of the molecule is CCCC1CCC(CC)C2CCCN12. The highest BCUT2D eigenvalue weighted by molar-refractivity contribution is 4.93. The van der Waals surface area contributed by atoms with Crippen LogP contribution in [0.15, 0.2) is 0 Å². The van der Waals surface area contributed by atoms with E-state index in [1.807, 2.05) is 0 Å². The van der Waals surface area contributed by atoms with E-state index in [-0.39, 0.29) is 0 Å². The van der Waals surface area contributed by atoms with E-state index in [9.17, 15) is 0 Å². The van der Waals surface area contributed by atoms with Gasteiger partial charge in [-0.1, -0.05) is 26.7 Å². The van der Waals surface area contributed by atoms with Gasteiger partial charge in [-0.05, 0) is 44.6 Å². The lowest BCUT2D eigenvalue weighted by Crippen LogP contribution is -2.47. The fraction of sp³-hybridized carbons (Fsp3) is 1.00. The molecule has 14 heavy (non-hydrogen) atoms. The summed E-state index contributed by atoms with van der Waals surface area (Å²) in [6.45, 7) is 6.10. The van der Waals surface area contributed by atoms with Crippen molar-refractivity contribution in [1.82, 2.24) is 4.90 Å². The summed E-state index contributed by atoms with van der Waals surface area (Å²) in [7, 11) is 0. The molecule has 2 fully saturated rings. The van der Waals surface area contributed by atoms with E-state index in [1.54, 1.807) is 0 Å². The highest BCUT2D eigenvalue weighted by Gasteiger charge is 2.38. The van der Waals surface area contributed by atoms with Crippen LogP contribution in [0.1, 0.15) is 58.8 Å². The highest BCUT2D eigenvalue weighted by Crippen LogP contribution is 2.37. The van der Waals surface area contributed by atoms with Crippen molar-refractivity contribution >= 4 is 0 Å². The molecule has 1 heteroatoms. The van der Waals surface area contributed by atoms with Gasteiger partial charge >= 0.3 is 0 Å². The summed E-state index contributed by atoms with van der Waals surface area (Å²) in [5, 5.41) is 0. The van der Waals surface area contributed by atoms with Gasteiger partial charge in [-0.25, -0.2) is 0 Å². The van der Waals surface area contributed by atoms with Crippen LogP contribution in [0.2, 0.25) is 0 Å². The molecule has 0 aliphatic carbocycles. The molecule has 3 atom stereocenters. The lowest BCUT2D eigenvalue weighted by molar-refractivity contribution is 0.0670. The normalized spacial score (nSPS) is 38.6. The Bertz CT molecular complexity index is 178. The summed E-state index contributed by atoms with van der Waals surface area (Å²) < 4.78 is 0. The van der Waals surface area contributed by atoms with Crippen LogP contribution in [0.4, 0.5) is 0 Å². The predicted octanol–water partition coefficient (Wildman–Crippen LogP) is 3.44. The number of nitrogens with zero attached hydrogens (tertiary/aromatic N) is 1. The molecule has 0 bridgehead atoms. The summed E-state index contributed by atoms with van der Waals surface area (Å²) in [5.74, 6) is 1.02. The molecule has 82 valence electrons. The maximum atomic E-state index is 2.85. The molecular formula is C13H25N. The summed E-state index contributed by atoms with van der Waals surface area (Å²) in [6, 6.07) is 1.90. The van der Waals surface area contributed by atoms with Crippen molar-refractivity contribution in [3.8, 4) is 0 Å². The fourth-order valence-electron chi connectivity index (χ4n) is 3.66. The Morgan fingerprint density at radius 3 is 2.71 bits per heavy atom. The second kappa shape index (κ2) is 4.65. The van der Waals surface area contributed by atoms with Crippen LogP contribution >= 0.6 is 0 Å². The molecule has 0 aromatic carbocycles. The Morgan fingerprint density at radius 1 is 1.14 bits per heavy atom. The molecule has 0 aromatic heterocycles. The molecule has 0 amide bonds. The molecule has 2 rings (SSSR count). The van der Waals surface area contributed by atoms with Crippen molar-refractivity contribution in [3.63, 3.8) is 0 Å². The smallest absolute Gasteiger partial charge is 0.0127 e. The lowest BCUT2D eigenvalue weighted by atomic mass is 9.83. The van der Waals surface area contributed by atoms with E-state index in [0.717, 1.165) is 18.0 Å². The molecule has 0 radical (unpaired) electrons. The molecule has 1 nitrogen and oxygen atoms in total. The van der Waals surface area contributed by atoms with Gasteiger partial charge < -0.3 is 0 Å². The van der Waals surface area contributed by atoms with Crippen LogP contribution in [0.5, 0.6) is 0 Å². The third kappa shape index (κ3) is 1.84. The standard InChI is InChI=1S/C13H25N/c1-3-6-12-9-8-11(4-2)13-7-5-10-14(12)13/h11-13H,3-10H2,1-2H3. The summed E-state index contributed by atoms with van der Waals surface area (Å²) >= 11 is 0. The van der Waals surface area contributed by atoms with Crippen molar-refractivity contribution in [2.24, 2.45) is 5.92 Å². The Hall–Kier alpha value is -0.0400. The van der Waals surface area contributed by atoms with Gasteiger partial charge in [0, 0.05) is 12.1 Å². The minimum atomic E-state index is 0.940. The lowest BCUT2D eigenvalue weighted by Gasteiger charge is -2.42.